The van der Waals surface area contributed by atoms with Gasteiger partial charge in [0.05, 0.1) is 12.7 Å². The first-order valence-electron chi connectivity index (χ1n) is 8.19. The van der Waals surface area contributed by atoms with Gasteiger partial charge in [-0.05, 0) is 44.2 Å². The van der Waals surface area contributed by atoms with Gasteiger partial charge in [0.25, 0.3) is 0 Å². The molecule has 0 radical (unpaired) electrons. The lowest BCUT2D eigenvalue weighted by Gasteiger charge is -2.25. The molecule has 23 heavy (non-hydrogen) atoms. The van der Waals surface area contributed by atoms with Crippen LogP contribution in [0.1, 0.15) is 38.2 Å². The Hall–Kier alpha value is -1.46. The van der Waals surface area contributed by atoms with E-state index in [1.807, 2.05) is 13.0 Å². The zero-order valence-electron chi connectivity index (χ0n) is 13.5. The molecule has 2 amide bonds. The molecule has 0 aliphatic heterocycles. The second-order valence-corrected chi connectivity index (χ2v) is 6.37. The second-order valence-electron chi connectivity index (χ2n) is 5.94. The van der Waals surface area contributed by atoms with Crippen LogP contribution < -0.4 is 15.4 Å². The Morgan fingerprint density at radius 3 is 2.96 bits per heavy atom. The fourth-order valence-electron chi connectivity index (χ4n) is 2.89. The molecule has 1 aliphatic rings. The molecule has 0 heterocycles. The van der Waals surface area contributed by atoms with Crippen molar-refractivity contribution in [2.75, 3.05) is 13.2 Å². The van der Waals surface area contributed by atoms with Crippen molar-refractivity contribution in [3.63, 3.8) is 0 Å². The summed E-state index contributed by atoms with van der Waals surface area (Å²) < 4.78 is 5.53. The highest BCUT2D eigenvalue weighted by Crippen LogP contribution is 2.24. The quantitative estimate of drug-likeness (QED) is 0.745. The monoisotopic (exact) mass is 340 g/mol. The van der Waals surface area contributed by atoms with Crippen LogP contribution in [0.25, 0.3) is 0 Å². The molecule has 128 valence electrons. The number of aliphatic hydroxyl groups is 1. The third-order valence-electron chi connectivity index (χ3n) is 4.07. The lowest BCUT2D eigenvalue weighted by Crippen LogP contribution is -2.39. The Morgan fingerprint density at radius 2 is 2.22 bits per heavy atom. The molecule has 1 aliphatic carbocycles. The number of hydrogen-bond donors (Lipinski definition) is 3. The van der Waals surface area contributed by atoms with Crippen LogP contribution in [-0.2, 0) is 6.54 Å². The highest BCUT2D eigenvalue weighted by molar-refractivity contribution is 6.30. The molecule has 0 spiro atoms. The molecular formula is C17H25ClN2O3. The van der Waals surface area contributed by atoms with Crippen molar-refractivity contribution in [3.05, 3.63) is 28.8 Å². The maximum Gasteiger partial charge on any atom is 0.315 e. The average Bonchev–Trinajstić information content (AvgIpc) is 2.52. The molecule has 1 aromatic rings. The number of benzene rings is 1. The lowest BCUT2D eigenvalue weighted by molar-refractivity contribution is 0.101. The molecule has 5 nitrogen and oxygen atoms in total. The third kappa shape index (κ3) is 5.92. The minimum Gasteiger partial charge on any atom is -0.493 e. The predicted octanol–water partition coefficient (Wildman–Crippen LogP) is 3.09. The third-order valence-corrected chi connectivity index (χ3v) is 4.31. The Bertz CT molecular complexity index is 525. The van der Waals surface area contributed by atoms with Crippen LogP contribution in [0.4, 0.5) is 4.79 Å². The van der Waals surface area contributed by atoms with Crippen molar-refractivity contribution in [2.24, 2.45) is 5.92 Å². The van der Waals surface area contributed by atoms with E-state index in [-0.39, 0.29) is 12.1 Å². The smallest absolute Gasteiger partial charge is 0.315 e. The zero-order valence-corrected chi connectivity index (χ0v) is 14.2. The van der Waals surface area contributed by atoms with E-state index in [0.717, 1.165) is 31.2 Å². The average molecular weight is 341 g/mol. The largest absolute Gasteiger partial charge is 0.493 e. The Kier molecular flexibility index (Phi) is 6.99. The normalized spacial score (nSPS) is 20.8. The maximum absolute atomic E-state index is 11.9. The molecule has 0 aromatic heterocycles. The van der Waals surface area contributed by atoms with Gasteiger partial charge in [-0.3, -0.25) is 0 Å². The fourth-order valence-corrected chi connectivity index (χ4v) is 3.05. The summed E-state index contributed by atoms with van der Waals surface area (Å²) in [5, 5.41) is 16.0. The maximum atomic E-state index is 11.9. The molecular weight excluding hydrogens is 316 g/mol. The number of carbonyl (C=O) groups is 1. The molecule has 1 saturated carbocycles. The van der Waals surface area contributed by atoms with E-state index in [0.29, 0.717) is 36.4 Å². The number of urea groups is 1. The van der Waals surface area contributed by atoms with Gasteiger partial charge in [0, 0.05) is 23.7 Å². The van der Waals surface area contributed by atoms with Crippen LogP contribution in [0, 0.1) is 5.92 Å². The summed E-state index contributed by atoms with van der Waals surface area (Å²) in [7, 11) is 0. The van der Waals surface area contributed by atoms with Crippen molar-refractivity contribution >= 4 is 17.6 Å². The van der Waals surface area contributed by atoms with Gasteiger partial charge in [0.15, 0.2) is 0 Å². The van der Waals surface area contributed by atoms with E-state index in [4.69, 9.17) is 16.3 Å². The molecule has 3 N–H and O–H groups in total. The van der Waals surface area contributed by atoms with E-state index in [1.54, 1.807) is 12.1 Å². The van der Waals surface area contributed by atoms with Gasteiger partial charge in [-0.2, -0.15) is 0 Å². The van der Waals surface area contributed by atoms with Gasteiger partial charge in [-0.25, -0.2) is 4.79 Å². The lowest BCUT2D eigenvalue weighted by atomic mass is 9.87. The standard InChI is InChI=1S/C17H25ClN2O3/c1-2-23-16-9-14(18)7-6-13(16)11-20-17(22)19-10-12-4-3-5-15(21)8-12/h6-7,9,12,15,21H,2-5,8,10-11H2,1H3,(H2,19,20,22). The first-order valence-corrected chi connectivity index (χ1v) is 8.57. The van der Waals surface area contributed by atoms with Gasteiger partial charge < -0.3 is 20.5 Å². The number of aliphatic hydroxyl groups excluding tert-OH is 1. The fraction of sp³-hybridized carbons (Fsp3) is 0.588. The molecule has 2 rings (SSSR count). The van der Waals surface area contributed by atoms with E-state index in [2.05, 4.69) is 10.6 Å². The Balaban J connectivity index is 1.78. The van der Waals surface area contributed by atoms with Crippen LogP contribution in [0.5, 0.6) is 5.75 Å². The van der Waals surface area contributed by atoms with Crippen LogP contribution in [0.2, 0.25) is 5.02 Å². The first kappa shape index (κ1) is 17.9. The summed E-state index contributed by atoms with van der Waals surface area (Å²) >= 11 is 5.96. The number of nitrogens with one attached hydrogen (secondary N) is 2. The number of ether oxygens (including phenoxy) is 1. The van der Waals surface area contributed by atoms with Gasteiger partial charge in [0.1, 0.15) is 5.75 Å². The van der Waals surface area contributed by atoms with Gasteiger partial charge in [0.2, 0.25) is 0 Å². The van der Waals surface area contributed by atoms with Crippen LogP contribution in [0.15, 0.2) is 18.2 Å². The van der Waals surface area contributed by atoms with E-state index >= 15 is 0 Å². The van der Waals surface area contributed by atoms with E-state index in [1.165, 1.54) is 0 Å². The zero-order chi connectivity index (χ0) is 16.7. The van der Waals surface area contributed by atoms with Crippen LogP contribution in [-0.4, -0.2) is 30.4 Å². The van der Waals surface area contributed by atoms with Gasteiger partial charge in [-0.15, -0.1) is 0 Å². The summed E-state index contributed by atoms with van der Waals surface area (Å²) in [4.78, 5) is 11.9. The first-order chi connectivity index (χ1) is 11.1. The number of amides is 2. The number of carbonyl (C=O) groups excluding carboxylic acids is 1. The van der Waals surface area contributed by atoms with Gasteiger partial charge in [-0.1, -0.05) is 24.1 Å². The molecule has 6 heteroatoms. The highest BCUT2D eigenvalue weighted by atomic mass is 35.5. The molecule has 1 fully saturated rings. The predicted molar refractivity (Wildman–Crippen MR) is 90.8 cm³/mol. The minimum atomic E-state index is -0.221. The molecule has 1 aromatic carbocycles. The van der Waals surface area contributed by atoms with E-state index in [9.17, 15) is 9.90 Å². The molecule has 2 atom stereocenters. The summed E-state index contributed by atoms with van der Waals surface area (Å²) in [5.74, 6) is 1.05. The second kappa shape index (κ2) is 8.99. The van der Waals surface area contributed by atoms with Crippen molar-refractivity contribution in [1.29, 1.82) is 0 Å². The summed E-state index contributed by atoms with van der Waals surface area (Å²) in [5.41, 5.74) is 0.888. The van der Waals surface area contributed by atoms with Crippen molar-refractivity contribution in [1.82, 2.24) is 10.6 Å². The molecule has 0 bridgehead atoms. The minimum absolute atomic E-state index is 0.206. The van der Waals surface area contributed by atoms with E-state index < -0.39 is 0 Å². The van der Waals surface area contributed by atoms with Crippen molar-refractivity contribution in [3.8, 4) is 5.75 Å². The van der Waals surface area contributed by atoms with Crippen molar-refractivity contribution in [2.45, 2.75) is 45.3 Å². The summed E-state index contributed by atoms with van der Waals surface area (Å²) in [6.45, 7) is 3.43. The van der Waals surface area contributed by atoms with Gasteiger partial charge >= 0.3 is 6.03 Å². The molecule has 2 unspecified atom stereocenters. The number of rotatable bonds is 6. The summed E-state index contributed by atoms with van der Waals surface area (Å²) in [6, 6.07) is 5.18. The Labute approximate surface area is 142 Å². The topological polar surface area (TPSA) is 70.6 Å². The Morgan fingerprint density at radius 1 is 1.39 bits per heavy atom. The number of halogens is 1. The van der Waals surface area contributed by atoms with Crippen molar-refractivity contribution < 1.29 is 14.6 Å². The highest BCUT2D eigenvalue weighted by Gasteiger charge is 2.20. The van der Waals surface area contributed by atoms with Crippen LogP contribution >= 0.6 is 11.6 Å². The van der Waals surface area contributed by atoms with Crippen LogP contribution in [0.3, 0.4) is 0 Å². The molecule has 0 saturated heterocycles. The SMILES string of the molecule is CCOc1cc(Cl)ccc1CNC(=O)NCC1CCCC(O)C1. The number of hydrogen-bond acceptors (Lipinski definition) is 3. The summed E-state index contributed by atoms with van der Waals surface area (Å²) in [6.07, 6.45) is 3.51.